The third-order valence-electron chi connectivity index (χ3n) is 1.39. The lowest BCUT2D eigenvalue weighted by Crippen LogP contribution is -1.82. The lowest BCUT2D eigenvalue weighted by molar-refractivity contribution is 0.626. The first-order valence-electron chi connectivity index (χ1n) is 3.18. The second-order valence-electron chi connectivity index (χ2n) is 2.10. The van der Waals surface area contributed by atoms with Crippen molar-refractivity contribution in [3.63, 3.8) is 0 Å². The zero-order valence-corrected chi connectivity index (χ0v) is 6.45. The van der Waals surface area contributed by atoms with E-state index in [0.717, 1.165) is 12.0 Å². The van der Waals surface area contributed by atoms with Crippen LogP contribution in [0, 0.1) is 5.82 Å². The molecule has 0 unspecified atom stereocenters. The molecule has 1 rings (SSSR count). The summed E-state index contributed by atoms with van der Waals surface area (Å²) in [6.07, 6.45) is 0.841. The van der Waals surface area contributed by atoms with Crippen LogP contribution >= 0.6 is 11.6 Å². The van der Waals surface area contributed by atoms with E-state index in [9.17, 15) is 4.39 Å². The van der Waals surface area contributed by atoms with E-state index in [4.69, 9.17) is 11.6 Å². The van der Waals surface area contributed by atoms with Gasteiger partial charge in [0.05, 0.1) is 5.02 Å². The summed E-state index contributed by atoms with van der Waals surface area (Å²) in [7, 11) is 0. The van der Waals surface area contributed by atoms with Gasteiger partial charge in [0.15, 0.2) is 0 Å². The van der Waals surface area contributed by atoms with E-state index in [-0.39, 0.29) is 10.8 Å². The van der Waals surface area contributed by atoms with Crippen LogP contribution in [0.1, 0.15) is 12.5 Å². The average Bonchev–Trinajstić information content (AvgIpc) is 1.95. The molecule has 0 aliphatic carbocycles. The van der Waals surface area contributed by atoms with Crippen LogP contribution in [0.25, 0.3) is 0 Å². The number of hydrogen-bond acceptors (Lipinski definition) is 0. The van der Waals surface area contributed by atoms with E-state index >= 15 is 0 Å². The van der Waals surface area contributed by atoms with Gasteiger partial charge in [0.2, 0.25) is 0 Å². The van der Waals surface area contributed by atoms with Gasteiger partial charge < -0.3 is 0 Å². The van der Waals surface area contributed by atoms with Gasteiger partial charge in [-0.1, -0.05) is 24.6 Å². The Kier molecular flexibility index (Phi) is 2.28. The minimum absolute atomic E-state index is 0.192. The zero-order chi connectivity index (χ0) is 7.56. The maximum Gasteiger partial charge on any atom is 0.142 e. The highest BCUT2D eigenvalue weighted by molar-refractivity contribution is 6.30. The third-order valence-corrected chi connectivity index (χ3v) is 1.70. The Morgan fingerprint density at radius 2 is 2.20 bits per heavy atom. The van der Waals surface area contributed by atoms with Crippen LogP contribution < -0.4 is 0 Å². The van der Waals surface area contributed by atoms with Gasteiger partial charge in [0, 0.05) is 0 Å². The summed E-state index contributed by atoms with van der Waals surface area (Å²) in [6.45, 7) is 1.97. The highest BCUT2D eigenvalue weighted by atomic mass is 35.5. The Hall–Kier alpha value is -0.560. The van der Waals surface area contributed by atoms with Gasteiger partial charge in [-0.3, -0.25) is 0 Å². The molecular formula is C8H8ClF. The van der Waals surface area contributed by atoms with Gasteiger partial charge in [-0.05, 0) is 24.1 Å². The molecule has 0 heterocycles. The SMILES string of the molecule is CCc1ccc(Cl)c(F)c1. The van der Waals surface area contributed by atoms with E-state index in [1.54, 1.807) is 6.07 Å². The summed E-state index contributed by atoms with van der Waals surface area (Å²) in [4.78, 5) is 0. The molecule has 0 aliphatic heterocycles. The number of benzene rings is 1. The van der Waals surface area contributed by atoms with E-state index in [1.165, 1.54) is 6.07 Å². The number of rotatable bonds is 1. The van der Waals surface area contributed by atoms with E-state index in [0.29, 0.717) is 0 Å². The Morgan fingerprint density at radius 1 is 1.50 bits per heavy atom. The summed E-state index contributed by atoms with van der Waals surface area (Å²) in [5.74, 6) is -0.332. The van der Waals surface area contributed by atoms with Gasteiger partial charge in [0.25, 0.3) is 0 Å². The van der Waals surface area contributed by atoms with E-state index in [2.05, 4.69) is 0 Å². The molecule has 0 saturated heterocycles. The molecule has 0 atom stereocenters. The van der Waals surface area contributed by atoms with Crippen LogP contribution in [-0.2, 0) is 6.42 Å². The molecule has 0 aliphatic rings. The maximum atomic E-state index is 12.6. The molecule has 1 aromatic carbocycles. The topological polar surface area (TPSA) is 0 Å². The molecule has 0 bridgehead atoms. The molecule has 0 saturated carbocycles. The van der Waals surface area contributed by atoms with Gasteiger partial charge in [-0.2, -0.15) is 0 Å². The summed E-state index contributed by atoms with van der Waals surface area (Å²) in [5.41, 5.74) is 0.974. The standard InChI is InChI=1S/C8H8ClF/c1-2-6-3-4-7(9)8(10)5-6/h3-5H,2H2,1H3. The Morgan fingerprint density at radius 3 is 2.70 bits per heavy atom. The molecule has 0 fully saturated rings. The number of halogens is 2. The highest BCUT2D eigenvalue weighted by Crippen LogP contribution is 2.15. The summed E-state index contributed by atoms with van der Waals surface area (Å²) < 4.78 is 12.6. The molecule has 10 heavy (non-hydrogen) atoms. The normalized spacial score (nSPS) is 9.90. The van der Waals surface area contributed by atoms with Crippen molar-refractivity contribution in [2.24, 2.45) is 0 Å². The summed E-state index contributed by atoms with van der Waals surface area (Å²) in [5, 5.41) is 0.192. The van der Waals surface area contributed by atoms with E-state index < -0.39 is 0 Å². The van der Waals surface area contributed by atoms with Crippen molar-refractivity contribution >= 4 is 11.6 Å². The van der Waals surface area contributed by atoms with Crippen molar-refractivity contribution in [1.29, 1.82) is 0 Å². The predicted molar refractivity (Wildman–Crippen MR) is 40.8 cm³/mol. The van der Waals surface area contributed by atoms with E-state index in [1.807, 2.05) is 13.0 Å². The Labute approximate surface area is 64.6 Å². The van der Waals surface area contributed by atoms with Gasteiger partial charge in [0.1, 0.15) is 5.82 Å². The molecule has 0 aromatic heterocycles. The van der Waals surface area contributed by atoms with Gasteiger partial charge in [-0.25, -0.2) is 4.39 Å². The molecule has 2 heteroatoms. The second kappa shape index (κ2) is 3.02. The maximum absolute atomic E-state index is 12.6. The molecular weight excluding hydrogens is 151 g/mol. The number of hydrogen-bond donors (Lipinski definition) is 0. The van der Waals surface area contributed by atoms with Crippen LogP contribution in [0.5, 0.6) is 0 Å². The van der Waals surface area contributed by atoms with Crippen LogP contribution in [0.15, 0.2) is 18.2 Å². The van der Waals surface area contributed by atoms with Crippen molar-refractivity contribution in [2.45, 2.75) is 13.3 Å². The molecule has 0 nitrogen and oxygen atoms in total. The fraction of sp³-hybridized carbons (Fsp3) is 0.250. The molecule has 0 radical (unpaired) electrons. The first-order valence-corrected chi connectivity index (χ1v) is 3.55. The van der Waals surface area contributed by atoms with Crippen molar-refractivity contribution in [2.75, 3.05) is 0 Å². The smallest absolute Gasteiger partial charge is 0.142 e. The van der Waals surface area contributed by atoms with Crippen LogP contribution in [0.2, 0.25) is 5.02 Å². The lowest BCUT2D eigenvalue weighted by Gasteiger charge is -1.96. The van der Waals surface area contributed by atoms with Crippen molar-refractivity contribution in [1.82, 2.24) is 0 Å². The average molecular weight is 159 g/mol. The molecule has 0 amide bonds. The van der Waals surface area contributed by atoms with Crippen molar-refractivity contribution in [3.8, 4) is 0 Å². The number of aryl methyl sites for hydroxylation is 1. The predicted octanol–water partition coefficient (Wildman–Crippen LogP) is 3.04. The lowest BCUT2D eigenvalue weighted by atomic mass is 10.2. The molecule has 0 N–H and O–H groups in total. The van der Waals surface area contributed by atoms with Crippen molar-refractivity contribution < 1.29 is 4.39 Å². The van der Waals surface area contributed by atoms with Gasteiger partial charge in [-0.15, -0.1) is 0 Å². The highest BCUT2D eigenvalue weighted by Gasteiger charge is 1.97. The molecule has 0 spiro atoms. The first-order chi connectivity index (χ1) is 4.74. The van der Waals surface area contributed by atoms with Crippen molar-refractivity contribution in [3.05, 3.63) is 34.6 Å². The second-order valence-corrected chi connectivity index (χ2v) is 2.51. The monoisotopic (exact) mass is 158 g/mol. The minimum Gasteiger partial charge on any atom is -0.205 e. The minimum atomic E-state index is -0.332. The third kappa shape index (κ3) is 1.48. The molecule has 54 valence electrons. The van der Waals surface area contributed by atoms with Crippen LogP contribution in [0.3, 0.4) is 0 Å². The Balaban J connectivity index is 3.04. The van der Waals surface area contributed by atoms with Gasteiger partial charge >= 0.3 is 0 Å². The Bertz CT molecular complexity index is 233. The fourth-order valence-electron chi connectivity index (χ4n) is 0.760. The summed E-state index contributed by atoms with van der Waals surface area (Å²) >= 11 is 5.46. The zero-order valence-electron chi connectivity index (χ0n) is 5.70. The van der Waals surface area contributed by atoms with Crippen LogP contribution in [0.4, 0.5) is 4.39 Å². The summed E-state index contributed by atoms with van der Waals surface area (Å²) in [6, 6.07) is 4.86. The largest absolute Gasteiger partial charge is 0.205 e. The fourth-order valence-corrected chi connectivity index (χ4v) is 0.877. The van der Waals surface area contributed by atoms with Crippen LogP contribution in [-0.4, -0.2) is 0 Å². The first kappa shape index (κ1) is 7.55. The molecule has 1 aromatic rings. The quantitative estimate of drug-likeness (QED) is 0.590.